The minimum atomic E-state index is 0. The quantitative estimate of drug-likeness (QED) is 0.454. The second kappa shape index (κ2) is 10.00. The van der Waals surface area contributed by atoms with Crippen LogP contribution in [0, 0.1) is 0 Å². The van der Waals surface area contributed by atoms with E-state index < -0.39 is 0 Å². The van der Waals surface area contributed by atoms with Gasteiger partial charge in [-0.2, -0.15) is 0 Å². The van der Waals surface area contributed by atoms with Crippen LogP contribution in [0.4, 0.5) is 0 Å². The second-order valence-electron chi connectivity index (χ2n) is 4.04. The van der Waals surface area contributed by atoms with E-state index >= 15 is 0 Å². The first-order valence-corrected chi connectivity index (χ1v) is 7.56. The van der Waals surface area contributed by atoms with Crippen LogP contribution in [-0.2, 0) is 6.54 Å². The largest absolute Gasteiger partial charge is 1.00 e. The van der Waals surface area contributed by atoms with E-state index in [0.717, 1.165) is 35.4 Å². The minimum absolute atomic E-state index is 0. The number of halogens is 2. The van der Waals surface area contributed by atoms with Crippen molar-refractivity contribution in [1.29, 1.82) is 0 Å². The van der Waals surface area contributed by atoms with Crippen molar-refractivity contribution in [1.82, 2.24) is 15.3 Å². The molecule has 0 aliphatic carbocycles. The molecule has 1 heterocycles. The Hall–Kier alpha value is -0.810. The lowest BCUT2D eigenvalue weighted by Crippen LogP contribution is -3.00. The molecule has 2 aromatic rings. The van der Waals surface area contributed by atoms with Gasteiger partial charge in [-0.15, -0.1) is 0 Å². The van der Waals surface area contributed by atoms with E-state index in [0.29, 0.717) is 0 Å². The molecule has 0 amide bonds. The number of hydrogen-bond acceptors (Lipinski definition) is 4. The maximum atomic E-state index is 5.84. The number of benzene rings is 1. The number of thioether (sulfide) groups is 1. The first-order valence-electron chi connectivity index (χ1n) is 6.19. The zero-order valence-corrected chi connectivity index (χ0v) is 13.3. The molecule has 0 aliphatic heterocycles. The second-order valence-corrected chi connectivity index (χ2v) is 5.54. The number of nitrogens with one attached hydrogen (secondary N) is 1. The zero-order chi connectivity index (χ0) is 13.3. The fraction of sp³-hybridized carbons (Fsp3) is 0.286. The molecule has 0 fully saturated rings. The minimum Gasteiger partial charge on any atom is -1.00 e. The highest BCUT2D eigenvalue weighted by Gasteiger charge is 1.96. The molecule has 20 heavy (non-hydrogen) atoms. The number of aromatic nitrogens is 2. The molecule has 1 aromatic carbocycles. The Labute approximate surface area is 135 Å². The Morgan fingerprint density at radius 3 is 2.50 bits per heavy atom. The van der Waals surface area contributed by atoms with Crippen molar-refractivity contribution in [3.63, 3.8) is 0 Å². The van der Waals surface area contributed by atoms with Gasteiger partial charge in [0.05, 0.1) is 0 Å². The molecule has 0 saturated heterocycles. The number of rotatable bonds is 7. The van der Waals surface area contributed by atoms with Crippen molar-refractivity contribution < 1.29 is 12.4 Å². The average Bonchev–Trinajstić information content (AvgIpc) is 2.46. The van der Waals surface area contributed by atoms with Crippen molar-refractivity contribution in [3.8, 4) is 0 Å². The fourth-order valence-corrected chi connectivity index (χ4v) is 2.42. The molecule has 0 radical (unpaired) electrons. The highest BCUT2D eigenvalue weighted by atomic mass is 35.5. The van der Waals surface area contributed by atoms with Crippen LogP contribution >= 0.6 is 23.4 Å². The summed E-state index contributed by atoms with van der Waals surface area (Å²) in [6.07, 6.45) is 4.64. The third-order valence-electron chi connectivity index (χ3n) is 2.51. The van der Waals surface area contributed by atoms with E-state index in [-0.39, 0.29) is 12.4 Å². The number of nitrogens with zero attached hydrogens (tertiary/aromatic N) is 2. The van der Waals surface area contributed by atoms with Gasteiger partial charge in [0, 0.05) is 29.7 Å². The Bertz CT molecular complexity index is 480. The molecule has 0 atom stereocenters. The molecule has 0 bridgehead atoms. The van der Waals surface area contributed by atoms with E-state index in [1.165, 1.54) is 5.56 Å². The summed E-state index contributed by atoms with van der Waals surface area (Å²) >= 11 is 7.53. The van der Waals surface area contributed by atoms with Crippen LogP contribution < -0.4 is 17.7 Å². The summed E-state index contributed by atoms with van der Waals surface area (Å²) in [6, 6.07) is 9.75. The van der Waals surface area contributed by atoms with Gasteiger partial charge in [-0.3, -0.25) is 0 Å². The molecular formula is C14H16Cl2N3S-. The van der Waals surface area contributed by atoms with Crippen molar-refractivity contribution in [2.75, 3.05) is 12.3 Å². The summed E-state index contributed by atoms with van der Waals surface area (Å²) in [5.41, 5.74) is 1.25. The Morgan fingerprint density at radius 2 is 1.80 bits per heavy atom. The predicted molar refractivity (Wildman–Crippen MR) is 80.5 cm³/mol. The Balaban J connectivity index is 0.00000200. The van der Waals surface area contributed by atoms with E-state index in [1.54, 1.807) is 24.2 Å². The van der Waals surface area contributed by atoms with Gasteiger partial charge in [-0.1, -0.05) is 35.5 Å². The summed E-state index contributed by atoms with van der Waals surface area (Å²) < 4.78 is 0. The average molecular weight is 329 g/mol. The fourth-order valence-electron chi connectivity index (χ4n) is 1.56. The highest BCUT2D eigenvalue weighted by molar-refractivity contribution is 7.99. The third-order valence-corrected chi connectivity index (χ3v) is 3.73. The lowest BCUT2D eigenvalue weighted by molar-refractivity contribution is -0.00000387. The van der Waals surface area contributed by atoms with Gasteiger partial charge < -0.3 is 17.7 Å². The van der Waals surface area contributed by atoms with Crippen molar-refractivity contribution in [2.24, 2.45) is 0 Å². The number of hydrogen-bond donors (Lipinski definition) is 1. The summed E-state index contributed by atoms with van der Waals surface area (Å²) in [5.74, 6) is 1.03. The Morgan fingerprint density at radius 1 is 1.10 bits per heavy atom. The summed E-state index contributed by atoms with van der Waals surface area (Å²) in [6.45, 7) is 1.87. The maximum Gasteiger partial charge on any atom is 0.187 e. The van der Waals surface area contributed by atoms with E-state index in [4.69, 9.17) is 11.6 Å². The molecule has 0 saturated carbocycles. The first-order chi connectivity index (χ1) is 9.34. The molecule has 2 rings (SSSR count). The molecule has 0 spiro atoms. The third kappa shape index (κ3) is 6.57. The van der Waals surface area contributed by atoms with Crippen LogP contribution in [0.15, 0.2) is 47.9 Å². The lowest BCUT2D eigenvalue weighted by atomic mass is 10.2. The zero-order valence-electron chi connectivity index (χ0n) is 10.9. The molecule has 108 valence electrons. The molecule has 3 nitrogen and oxygen atoms in total. The van der Waals surface area contributed by atoms with E-state index in [9.17, 15) is 0 Å². The van der Waals surface area contributed by atoms with E-state index in [2.05, 4.69) is 15.3 Å². The molecule has 1 N–H and O–H groups in total. The summed E-state index contributed by atoms with van der Waals surface area (Å²) in [5, 5.41) is 5.04. The van der Waals surface area contributed by atoms with Crippen LogP contribution in [0.5, 0.6) is 0 Å². The SMILES string of the molecule is Clc1ccc(CNCCCSc2ncccn2)cc1.[Cl-]. The molecule has 1 aromatic heterocycles. The molecule has 0 aliphatic rings. The van der Waals surface area contributed by atoms with Gasteiger partial charge in [0.2, 0.25) is 0 Å². The summed E-state index contributed by atoms with van der Waals surface area (Å²) in [4.78, 5) is 8.34. The van der Waals surface area contributed by atoms with Gasteiger partial charge in [0.1, 0.15) is 0 Å². The van der Waals surface area contributed by atoms with Gasteiger partial charge in [0.25, 0.3) is 0 Å². The van der Waals surface area contributed by atoms with Crippen molar-refractivity contribution in [2.45, 2.75) is 18.1 Å². The van der Waals surface area contributed by atoms with E-state index in [1.807, 2.05) is 30.3 Å². The first kappa shape index (κ1) is 17.2. The monoisotopic (exact) mass is 328 g/mol. The normalized spacial score (nSPS) is 10.1. The van der Waals surface area contributed by atoms with Gasteiger partial charge in [-0.05, 0) is 36.7 Å². The van der Waals surface area contributed by atoms with Crippen molar-refractivity contribution in [3.05, 3.63) is 53.3 Å². The van der Waals surface area contributed by atoms with Crippen LogP contribution in [-0.4, -0.2) is 22.3 Å². The predicted octanol–water partition coefficient (Wildman–Crippen LogP) is 0.406. The molecular weight excluding hydrogens is 313 g/mol. The Kier molecular flexibility index (Phi) is 8.62. The van der Waals surface area contributed by atoms with Crippen LogP contribution in [0.2, 0.25) is 5.02 Å². The summed E-state index contributed by atoms with van der Waals surface area (Å²) in [7, 11) is 0. The highest BCUT2D eigenvalue weighted by Crippen LogP contribution is 2.12. The smallest absolute Gasteiger partial charge is 0.187 e. The van der Waals surface area contributed by atoms with Crippen LogP contribution in [0.25, 0.3) is 0 Å². The van der Waals surface area contributed by atoms with Crippen molar-refractivity contribution >= 4 is 23.4 Å². The van der Waals surface area contributed by atoms with Gasteiger partial charge >= 0.3 is 0 Å². The van der Waals surface area contributed by atoms with Gasteiger partial charge in [0.15, 0.2) is 5.16 Å². The van der Waals surface area contributed by atoms with Gasteiger partial charge in [-0.25, -0.2) is 9.97 Å². The topological polar surface area (TPSA) is 37.8 Å². The molecule has 0 unspecified atom stereocenters. The maximum absolute atomic E-state index is 5.84. The lowest BCUT2D eigenvalue weighted by Gasteiger charge is -2.04. The molecule has 6 heteroatoms. The standard InChI is InChI=1S/C14H16ClN3S.ClH/c15-13-5-3-12(4-6-13)11-16-7-2-10-19-14-17-8-1-9-18-14;/h1,3-6,8-9,16H,2,7,10-11H2;1H/p-1. The van der Waals surface area contributed by atoms with Crippen LogP contribution in [0.3, 0.4) is 0 Å². The van der Waals surface area contributed by atoms with Crippen LogP contribution in [0.1, 0.15) is 12.0 Å².